The summed E-state index contributed by atoms with van der Waals surface area (Å²) in [7, 11) is 0. The fourth-order valence-electron chi connectivity index (χ4n) is 2.97. The molecule has 5 nitrogen and oxygen atoms in total. The van der Waals surface area contributed by atoms with Gasteiger partial charge in [0.05, 0.1) is 37.3 Å². The molecule has 2 heterocycles. The highest BCUT2D eigenvalue weighted by Gasteiger charge is 2.34. The van der Waals surface area contributed by atoms with Crippen LogP contribution in [0.4, 0.5) is 5.69 Å². The van der Waals surface area contributed by atoms with E-state index in [-0.39, 0.29) is 18.1 Å². The Morgan fingerprint density at radius 1 is 1.55 bits per heavy atom. The first-order valence-electron chi connectivity index (χ1n) is 7.03. The normalized spacial score (nSPS) is 20.6. The summed E-state index contributed by atoms with van der Waals surface area (Å²) in [5.41, 5.74) is 2.46. The van der Waals surface area contributed by atoms with Crippen LogP contribution in [0.1, 0.15) is 37.6 Å². The van der Waals surface area contributed by atoms with Gasteiger partial charge in [-0.1, -0.05) is 13.8 Å². The van der Waals surface area contributed by atoms with Crippen LogP contribution in [0.5, 0.6) is 0 Å². The minimum Gasteiger partial charge on any atom is -0.469 e. The Kier molecular flexibility index (Phi) is 3.30. The fraction of sp³-hybridized carbons (Fsp3) is 0.533. The van der Waals surface area contributed by atoms with Crippen molar-refractivity contribution in [1.82, 2.24) is 9.78 Å². The molecule has 2 aromatic rings. The standard InChI is InChI=1S/C15H21N3O2/c1-15(2)7-13(12-3-6-20-14(12)8-15)17-11-9-16-18(10-11)4-5-19/h3,6,9-10,13,17,19H,4-5,7-8H2,1-2H3. The van der Waals surface area contributed by atoms with E-state index in [2.05, 4.69) is 30.3 Å². The Hall–Kier alpha value is -1.75. The Morgan fingerprint density at radius 2 is 2.40 bits per heavy atom. The van der Waals surface area contributed by atoms with Crippen LogP contribution in [-0.2, 0) is 13.0 Å². The van der Waals surface area contributed by atoms with Crippen molar-refractivity contribution in [1.29, 1.82) is 0 Å². The van der Waals surface area contributed by atoms with Crippen molar-refractivity contribution in [3.63, 3.8) is 0 Å². The molecule has 20 heavy (non-hydrogen) atoms. The number of hydrogen-bond acceptors (Lipinski definition) is 4. The summed E-state index contributed by atoms with van der Waals surface area (Å²) in [5, 5.41) is 16.7. The summed E-state index contributed by atoms with van der Waals surface area (Å²) in [4.78, 5) is 0. The van der Waals surface area contributed by atoms with Crippen molar-refractivity contribution in [2.24, 2.45) is 5.41 Å². The van der Waals surface area contributed by atoms with Gasteiger partial charge in [-0.2, -0.15) is 5.10 Å². The lowest BCUT2D eigenvalue weighted by atomic mass is 9.75. The first-order chi connectivity index (χ1) is 9.57. The smallest absolute Gasteiger partial charge is 0.109 e. The SMILES string of the molecule is CC1(C)Cc2occc2C(Nc2cnn(CCO)c2)C1. The van der Waals surface area contributed by atoms with Gasteiger partial charge < -0.3 is 14.8 Å². The van der Waals surface area contributed by atoms with E-state index in [1.54, 1.807) is 17.1 Å². The third kappa shape index (κ3) is 2.58. The number of nitrogens with one attached hydrogen (secondary N) is 1. The van der Waals surface area contributed by atoms with Gasteiger partial charge in [-0.05, 0) is 17.9 Å². The summed E-state index contributed by atoms with van der Waals surface area (Å²) in [6, 6.07) is 2.31. The van der Waals surface area contributed by atoms with Crippen molar-refractivity contribution in [2.45, 2.75) is 39.3 Å². The van der Waals surface area contributed by atoms with Gasteiger partial charge in [0.2, 0.25) is 0 Å². The first kappa shape index (κ1) is 13.2. The zero-order valence-electron chi connectivity index (χ0n) is 12.0. The lowest BCUT2D eigenvalue weighted by molar-refractivity contribution is 0.263. The minimum absolute atomic E-state index is 0.101. The molecule has 0 fully saturated rings. The summed E-state index contributed by atoms with van der Waals surface area (Å²) in [6.45, 7) is 5.16. The first-order valence-corrected chi connectivity index (χ1v) is 7.03. The van der Waals surface area contributed by atoms with Crippen LogP contribution >= 0.6 is 0 Å². The highest BCUT2D eigenvalue weighted by atomic mass is 16.3. The molecule has 108 valence electrons. The number of aromatic nitrogens is 2. The van der Waals surface area contributed by atoms with Gasteiger partial charge in [0.1, 0.15) is 5.76 Å². The van der Waals surface area contributed by atoms with Gasteiger partial charge in [-0.3, -0.25) is 4.68 Å². The van der Waals surface area contributed by atoms with Crippen molar-refractivity contribution in [3.8, 4) is 0 Å². The predicted octanol–water partition coefficient (Wildman–Crippen LogP) is 2.59. The lowest BCUT2D eigenvalue weighted by Gasteiger charge is -2.34. The molecule has 1 aliphatic rings. The Balaban J connectivity index is 1.80. The Morgan fingerprint density at radius 3 is 3.20 bits per heavy atom. The molecule has 5 heteroatoms. The number of aliphatic hydroxyl groups excluding tert-OH is 1. The molecule has 0 spiro atoms. The van der Waals surface area contributed by atoms with E-state index >= 15 is 0 Å². The number of hydrogen-bond donors (Lipinski definition) is 2. The van der Waals surface area contributed by atoms with Crippen LogP contribution in [0.3, 0.4) is 0 Å². The van der Waals surface area contributed by atoms with Gasteiger partial charge in [0.25, 0.3) is 0 Å². The zero-order valence-corrected chi connectivity index (χ0v) is 12.0. The summed E-state index contributed by atoms with van der Waals surface area (Å²) in [5.74, 6) is 1.08. The second kappa shape index (κ2) is 4.98. The van der Waals surface area contributed by atoms with Crippen LogP contribution in [0.15, 0.2) is 29.1 Å². The van der Waals surface area contributed by atoms with Crippen molar-refractivity contribution < 1.29 is 9.52 Å². The van der Waals surface area contributed by atoms with Gasteiger partial charge in [0, 0.05) is 18.2 Å². The van der Waals surface area contributed by atoms with E-state index in [0.717, 1.165) is 24.3 Å². The third-order valence-corrected chi connectivity index (χ3v) is 3.85. The second-order valence-corrected chi connectivity index (χ2v) is 6.26. The predicted molar refractivity (Wildman–Crippen MR) is 76.5 cm³/mol. The largest absolute Gasteiger partial charge is 0.469 e. The van der Waals surface area contributed by atoms with E-state index in [9.17, 15) is 0 Å². The molecule has 1 unspecified atom stereocenters. The summed E-state index contributed by atoms with van der Waals surface area (Å²) in [6.07, 6.45) is 7.55. The Bertz CT molecular complexity index is 585. The summed E-state index contributed by atoms with van der Waals surface area (Å²) >= 11 is 0. The highest BCUT2D eigenvalue weighted by Crippen LogP contribution is 2.42. The topological polar surface area (TPSA) is 63.2 Å². The van der Waals surface area contributed by atoms with E-state index in [1.165, 1.54) is 5.56 Å². The minimum atomic E-state index is 0.101. The lowest BCUT2D eigenvalue weighted by Crippen LogP contribution is -2.28. The molecule has 0 saturated heterocycles. The van der Waals surface area contributed by atoms with E-state index in [0.29, 0.717) is 6.54 Å². The van der Waals surface area contributed by atoms with Gasteiger partial charge in [-0.25, -0.2) is 0 Å². The number of furan rings is 1. The van der Waals surface area contributed by atoms with Crippen LogP contribution in [0, 0.1) is 5.41 Å². The molecule has 0 amide bonds. The van der Waals surface area contributed by atoms with Crippen molar-refractivity contribution in [3.05, 3.63) is 36.0 Å². The molecular weight excluding hydrogens is 254 g/mol. The molecule has 0 aliphatic heterocycles. The number of anilines is 1. The molecule has 1 atom stereocenters. The number of rotatable bonds is 4. The van der Waals surface area contributed by atoms with Crippen LogP contribution in [0.2, 0.25) is 0 Å². The Labute approximate surface area is 118 Å². The maximum atomic E-state index is 8.93. The molecular formula is C15H21N3O2. The molecule has 3 rings (SSSR count). The maximum Gasteiger partial charge on any atom is 0.109 e. The van der Waals surface area contributed by atoms with Crippen molar-refractivity contribution >= 4 is 5.69 Å². The van der Waals surface area contributed by atoms with Crippen LogP contribution in [-0.4, -0.2) is 21.5 Å². The number of nitrogens with zero attached hydrogens (tertiary/aromatic N) is 2. The number of fused-ring (bicyclic) bond motifs is 1. The molecule has 1 aliphatic carbocycles. The van der Waals surface area contributed by atoms with Crippen LogP contribution in [0.25, 0.3) is 0 Å². The molecule has 0 bridgehead atoms. The molecule has 2 aromatic heterocycles. The fourth-order valence-corrected chi connectivity index (χ4v) is 2.97. The third-order valence-electron chi connectivity index (χ3n) is 3.85. The summed E-state index contributed by atoms with van der Waals surface area (Å²) < 4.78 is 7.35. The quantitative estimate of drug-likeness (QED) is 0.900. The van der Waals surface area contributed by atoms with Crippen molar-refractivity contribution in [2.75, 3.05) is 11.9 Å². The van der Waals surface area contributed by atoms with E-state index < -0.39 is 0 Å². The average Bonchev–Trinajstić information content (AvgIpc) is 2.97. The van der Waals surface area contributed by atoms with Gasteiger partial charge >= 0.3 is 0 Å². The second-order valence-electron chi connectivity index (χ2n) is 6.26. The zero-order chi connectivity index (χ0) is 14.2. The average molecular weight is 275 g/mol. The highest BCUT2D eigenvalue weighted by molar-refractivity contribution is 5.43. The number of aliphatic hydroxyl groups is 1. The molecule has 0 radical (unpaired) electrons. The van der Waals surface area contributed by atoms with Gasteiger partial charge in [0.15, 0.2) is 0 Å². The molecule has 0 aromatic carbocycles. The molecule has 0 saturated carbocycles. The molecule has 2 N–H and O–H groups in total. The maximum absolute atomic E-state index is 8.93. The monoisotopic (exact) mass is 275 g/mol. The van der Waals surface area contributed by atoms with E-state index in [1.807, 2.05) is 6.20 Å². The van der Waals surface area contributed by atoms with Crippen LogP contribution < -0.4 is 5.32 Å². The van der Waals surface area contributed by atoms with E-state index in [4.69, 9.17) is 9.52 Å². The van der Waals surface area contributed by atoms with Gasteiger partial charge in [-0.15, -0.1) is 0 Å².